The minimum absolute atomic E-state index is 0.0549. The number of aliphatic carboxylic acids is 1. The van der Waals surface area contributed by atoms with Gasteiger partial charge in [-0.15, -0.1) is 11.8 Å². The summed E-state index contributed by atoms with van der Waals surface area (Å²) in [6.07, 6.45) is 0.0549. The zero-order chi connectivity index (χ0) is 16.0. The van der Waals surface area contributed by atoms with Crippen molar-refractivity contribution in [3.63, 3.8) is 0 Å². The van der Waals surface area contributed by atoms with Crippen LogP contribution in [0.15, 0.2) is 23.1 Å². The zero-order valence-electron chi connectivity index (χ0n) is 11.2. The van der Waals surface area contributed by atoms with E-state index in [2.05, 4.69) is 5.32 Å². The largest absolute Gasteiger partial charge is 0.479 e. The third-order valence-electron chi connectivity index (χ3n) is 2.58. The first-order valence-electron chi connectivity index (χ1n) is 6.02. The third-order valence-corrected chi connectivity index (χ3v) is 3.57. The number of rotatable bonds is 7. The Morgan fingerprint density at radius 3 is 2.57 bits per heavy atom. The van der Waals surface area contributed by atoms with Crippen molar-refractivity contribution in [1.82, 2.24) is 5.32 Å². The molecule has 116 valence electrons. The number of benzene rings is 1. The maximum Gasteiger partial charge on any atom is 0.337 e. The van der Waals surface area contributed by atoms with Crippen LogP contribution in [0.25, 0.3) is 0 Å². The number of carboxylic acid groups (broad SMARTS) is 1. The summed E-state index contributed by atoms with van der Waals surface area (Å²) < 4.78 is 25.6. The van der Waals surface area contributed by atoms with E-state index in [9.17, 15) is 23.5 Å². The van der Waals surface area contributed by atoms with Crippen molar-refractivity contribution >= 4 is 23.6 Å². The van der Waals surface area contributed by atoms with Gasteiger partial charge in [-0.2, -0.15) is 0 Å². The summed E-state index contributed by atoms with van der Waals surface area (Å²) in [7, 11) is 0. The summed E-state index contributed by atoms with van der Waals surface area (Å²) >= 11 is 1.16. The van der Waals surface area contributed by atoms with Crippen molar-refractivity contribution in [3.8, 4) is 0 Å². The molecule has 0 aliphatic heterocycles. The molecule has 1 rings (SSSR count). The average molecular weight is 319 g/mol. The van der Waals surface area contributed by atoms with Crippen LogP contribution >= 0.6 is 11.8 Å². The van der Waals surface area contributed by atoms with E-state index in [4.69, 9.17) is 5.11 Å². The van der Waals surface area contributed by atoms with E-state index in [1.54, 1.807) is 0 Å². The van der Waals surface area contributed by atoms with Gasteiger partial charge in [0.25, 0.3) is 0 Å². The van der Waals surface area contributed by atoms with Crippen molar-refractivity contribution in [2.24, 2.45) is 0 Å². The normalized spacial score (nSPS) is 13.5. The highest BCUT2D eigenvalue weighted by atomic mass is 32.2. The van der Waals surface area contributed by atoms with Crippen LogP contribution in [0.3, 0.4) is 0 Å². The fraction of sp³-hybridized carbons (Fsp3) is 0.385. The molecule has 0 heterocycles. The number of halogens is 2. The highest BCUT2D eigenvalue weighted by Gasteiger charge is 2.30. The molecule has 0 aliphatic carbocycles. The molecule has 1 aromatic rings. The van der Waals surface area contributed by atoms with Gasteiger partial charge in [0.05, 0.1) is 6.54 Å². The number of hydrogen-bond donors (Lipinski definition) is 3. The Morgan fingerprint density at radius 2 is 2.00 bits per heavy atom. The number of nitrogens with one attached hydrogen (secondary N) is 1. The molecular formula is C13H15F2NO4S. The lowest BCUT2D eigenvalue weighted by atomic mass is 10.1. The SMILES string of the molecule is CC(O)(CNC(=O)CCSc1ccc(F)c(F)c1)C(=O)O. The summed E-state index contributed by atoms with van der Waals surface area (Å²) in [6.45, 7) is 0.669. The van der Waals surface area contributed by atoms with Gasteiger partial charge in [0.15, 0.2) is 17.2 Å². The minimum Gasteiger partial charge on any atom is -0.479 e. The molecule has 1 unspecified atom stereocenters. The molecule has 0 radical (unpaired) electrons. The summed E-state index contributed by atoms with van der Waals surface area (Å²) in [5.74, 6) is -3.45. The first-order chi connectivity index (χ1) is 9.72. The van der Waals surface area contributed by atoms with Crippen LogP contribution < -0.4 is 5.32 Å². The van der Waals surface area contributed by atoms with E-state index >= 15 is 0 Å². The van der Waals surface area contributed by atoms with Crippen LogP contribution in [-0.4, -0.2) is 40.0 Å². The summed E-state index contributed by atoms with van der Waals surface area (Å²) in [4.78, 5) is 22.6. The number of amides is 1. The topological polar surface area (TPSA) is 86.6 Å². The molecule has 0 spiro atoms. The molecular weight excluding hydrogens is 304 g/mol. The van der Waals surface area contributed by atoms with Crippen molar-refractivity contribution < 1.29 is 28.6 Å². The molecule has 0 aromatic heterocycles. The summed E-state index contributed by atoms with van der Waals surface area (Å²) in [5.41, 5.74) is -2.02. The number of thioether (sulfide) groups is 1. The summed E-state index contributed by atoms with van der Waals surface area (Å²) in [5, 5.41) is 20.4. The second kappa shape index (κ2) is 7.37. The zero-order valence-corrected chi connectivity index (χ0v) is 12.0. The molecule has 5 nitrogen and oxygen atoms in total. The lowest BCUT2D eigenvalue weighted by Gasteiger charge is -2.18. The van der Waals surface area contributed by atoms with Gasteiger partial charge >= 0.3 is 5.97 Å². The van der Waals surface area contributed by atoms with E-state index in [1.807, 2.05) is 0 Å². The van der Waals surface area contributed by atoms with Gasteiger partial charge in [0.1, 0.15) is 0 Å². The van der Waals surface area contributed by atoms with Gasteiger partial charge in [-0.1, -0.05) is 0 Å². The van der Waals surface area contributed by atoms with Crippen LogP contribution in [0.2, 0.25) is 0 Å². The highest BCUT2D eigenvalue weighted by molar-refractivity contribution is 7.99. The van der Waals surface area contributed by atoms with Gasteiger partial charge in [-0.3, -0.25) is 4.79 Å². The Labute approximate surface area is 124 Å². The lowest BCUT2D eigenvalue weighted by molar-refractivity contribution is -0.156. The molecule has 1 atom stereocenters. The standard InChI is InChI=1S/C13H15F2NO4S/c1-13(20,12(18)19)7-16-11(17)4-5-21-8-2-3-9(14)10(15)6-8/h2-3,6,20H,4-5,7H2,1H3,(H,16,17)(H,18,19). The molecule has 0 bridgehead atoms. The molecule has 1 amide bonds. The number of aliphatic hydroxyl groups is 1. The predicted octanol–water partition coefficient (Wildman–Crippen LogP) is 1.40. The van der Waals surface area contributed by atoms with Crippen molar-refractivity contribution in [3.05, 3.63) is 29.8 Å². The van der Waals surface area contributed by atoms with Gasteiger partial charge in [0, 0.05) is 17.1 Å². The Balaban J connectivity index is 2.34. The van der Waals surface area contributed by atoms with Crippen LogP contribution in [0, 0.1) is 11.6 Å². The highest BCUT2D eigenvalue weighted by Crippen LogP contribution is 2.20. The number of carbonyl (C=O) groups excluding carboxylic acids is 1. The first-order valence-corrected chi connectivity index (χ1v) is 7.01. The molecule has 3 N–H and O–H groups in total. The van der Waals surface area contributed by atoms with Gasteiger partial charge in [-0.05, 0) is 25.1 Å². The fourth-order valence-electron chi connectivity index (χ4n) is 1.26. The van der Waals surface area contributed by atoms with E-state index < -0.39 is 35.7 Å². The van der Waals surface area contributed by atoms with Crippen molar-refractivity contribution in [2.45, 2.75) is 23.8 Å². The average Bonchev–Trinajstić information content (AvgIpc) is 2.40. The maximum atomic E-state index is 12.9. The molecule has 21 heavy (non-hydrogen) atoms. The monoisotopic (exact) mass is 319 g/mol. The fourth-order valence-corrected chi connectivity index (χ4v) is 2.14. The smallest absolute Gasteiger partial charge is 0.337 e. The van der Waals surface area contributed by atoms with Crippen LogP contribution in [0.5, 0.6) is 0 Å². The predicted molar refractivity (Wildman–Crippen MR) is 73.0 cm³/mol. The Morgan fingerprint density at radius 1 is 1.33 bits per heavy atom. The quantitative estimate of drug-likeness (QED) is 0.661. The van der Waals surface area contributed by atoms with Gasteiger partial charge < -0.3 is 15.5 Å². The van der Waals surface area contributed by atoms with Crippen molar-refractivity contribution in [1.29, 1.82) is 0 Å². The second-order valence-corrected chi connectivity index (χ2v) is 5.70. The van der Waals surface area contributed by atoms with E-state index in [0.717, 1.165) is 30.8 Å². The molecule has 0 aliphatic rings. The van der Waals surface area contributed by atoms with Crippen LogP contribution in [0.4, 0.5) is 8.78 Å². The Hall–Kier alpha value is -1.67. The Bertz CT molecular complexity index is 537. The molecule has 0 fully saturated rings. The van der Waals surface area contributed by atoms with E-state index in [-0.39, 0.29) is 6.42 Å². The second-order valence-electron chi connectivity index (χ2n) is 4.53. The van der Waals surface area contributed by atoms with Crippen LogP contribution in [0.1, 0.15) is 13.3 Å². The molecule has 1 aromatic carbocycles. The summed E-state index contributed by atoms with van der Waals surface area (Å²) in [6, 6.07) is 3.44. The lowest BCUT2D eigenvalue weighted by Crippen LogP contribution is -2.46. The number of carbonyl (C=O) groups is 2. The van der Waals surface area contributed by atoms with Gasteiger partial charge in [0.2, 0.25) is 5.91 Å². The Kier molecular flexibility index (Phi) is 6.10. The maximum absolute atomic E-state index is 12.9. The van der Waals surface area contributed by atoms with E-state index in [0.29, 0.717) is 10.6 Å². The molecule has 0 saturated heterocycles. The third kappa shape index (κ3) is 5.68. The first kappa shape index (κ1) is 17.4. The van der Waals surface area contributed by atoms with Gasteiger partial charge in [-0.25, -0.2) is 13.6 Å². The van der Waals surface area contributed by atoms with Crippen molar-refractivity contribution in [2.75, 3.05) is 12.3 Å². The minimum atomic E-state index is -2.02. The number of carboxylic acids is 1. The number of hydrogen-bond acceptors (Lipinski definition) is 4. The molecule has 8 heteroatoms. The molecule has 0 saturated carbocycles. The van der Waals surface area contributed by atoms with E-state index in [1.165, 1.54) is 6.07 Å². The van der Waals surface area contributed by atoms with Crippen LogP contribution in [-0.2, 0) is 9.59 Å².